The second kappa shape index (κ2) is 6.11. The molecule has 2 nitrogen and oxygen atoms in total. The first kappa shape index (κ1) is 15.1. The van der Waals surface area contributed by atoms with Crippen LogP contribution in [0.1, 0.15) is 11.1 Å². The summed E-state index contributed by atoms with van der Waals surface area (Å²) in [6, 6.07) is 20.6. The molecule has 3 rings (SSSR count). The molecule has 0 aliphatic rings. The van der Waals surface area contributed by atoms with Crippen molar-refractivity contribution in [3.05, 3.63) is 82.9 Å². The zero-order chi connectivity index (χ0) is 15.6. The maximum absolute atomic E-state index is 12.5. The highest BCUT2D eigenvalue weighted by molar-refractivity contribution is 7.89. The van der Waals surface area contributed by atoms with Crippen molar-refractivity contribution in [2.75, 3.05) is 0 Å². The fourth-order valence-corrected chi connectivity index (χ4v) is 4.39. The molecule has 0 saturated heterocycles. The van der Waals surface area contributed by atoms with Gasteiger partial charge in [0.2, 0.25) is 0 Å². The Morgan fingerprint density at radius 1 is 0.727 bits per heavy atom. The van der Waals surface area contributed by atoms with Gasteiger partial charge in [-0.3, -0.25) is 0 Å². The molecule has 0 saturated carbocycles. The second-order valence-corrected chi connectivity index (χ2v) is 7.73. The van der Waals surface area contributed by atoms with Gasteiger partial charge in [-0.25, -0.2) is 8.42 Å². The summed E-state index contributed by atoms with van der Waals surface area (Å²) in [7, 11) is -3.29. The molecule has 0 amide bonds. The van der Waals surface area contributed by atoms with Crippen LogP contribution in [-0.2, 0) is 21.3 Å². The molecule has 4 heteroatoms. The molecule has 0 bridgehead atoms. The summed E-state index contributed by atoms with van der Waals surface area (Å²) < 4.78 is 25.0. The van der Waals surface area contributed by atoms with Gasteiger partial charge in [-0.15, -0.1) is 0 Å². The van der Waals surface area contributed by atoms with Crippen LogP contribution in [0.15, 0.2) is 66.7 Å². The van der Waals surface area contributed by atoms with E-state index in [2.05, 4.69) is 0 Å². The Bertz CT molecular complexity index is 912. The molecule has 22 heavy (non-hydrogen) atoms. The third kappa shape index (κ3) is 3.32. The lowest BCUT2D eigenvalue weighted by molar-refractivity contribution is 0.594. The molecule has 0 aliphatic carbocycles. The lowest BCUT2D eigenvalue weighted by atomic mass is 10.1. The first-order valence-corrected chi connectivity index (χ1v) is 9.15. The average molecular weight is 331 g/mol. The van der Waals surface area contributed by atoms with E-state index < -0.39 is 9.84 Å². The summed E-state index contributed by atoms with van der Waals surface area (Å²) in [5.74, 6) is -0.0323. The predicted octanol–water partition coefficient (Wildman–Crippen LogP) is 4.61. The quantitative estimate of drug-likeness (QED) is 0.700. The minimum absolute atomic E-state index is 0.0135. The van der Waals surface area contributed by atoms with Crippen LogP contribution in [0, 0.1) is 0 Å². The van der Waals surface area contributed by atoms with Gasteiger partial charge in [0.15, 0.2) is 9.84 Å². The highest BCUT2D eigenvalue weighted by Gasteiger charge is 2.16. The third-order valence-electron chi connectivity index (χ3n) is 3.59. The first-order chi connectivity index (χ1) is 10.6. The lowest BCUT2D eigenvalue weighted by Gasteiger charge is -2.09. The first-order valence-electron chi connectivity index (χ1n) is 6.96. The topological polar surface area (TPSA) is 34.1 Å². The van der Waals surface area contributed by atoms with Gasteiger partial charge >= 0.3 is 0 Å². The van der Waals surface area contributed by atoms with Crippen molar-refractivity contribution in [3.63, 3.8) is 0 Å². The molecule has 0 aliphatic heterocycles. The Kier molecular flexibility index (Phi) is 4.19. The summed E-state index contributed by atoms with van der Waals surface area (Å²) in [5, 5.41) is 2.52. The van der Waals surface area contributed by atoms with Crippen LogP contribution < -0.4 is 0 Å². The van der Waals surface area contributed by atoms with Crippen LogP contribution in [0.25, 0.3) is 10.8 Å². The van der Waals surface area contributed by atoms with Crippen molar-refractivity contribution < 1.29 is 8.42 Å². The number of rotatable bonds is 4. The molecular formula is C18H15ClO2S. The van der Waals surface area contributed by atoms with Gasteiger partial charge in [-0.1, -0.05) is 72.3 Å². The van der Waals surface area contributed by atoms with Gasteiger partial charge in [0.25, 0.3) is 0 Å². The molecule has 0 fully saturated rings. The van der Waals surface area contributed by atoms with E-state index in [1.165, 1.54) is 0 Å². The van der Waals surface area contributed by atoms with E-state index in [1.54, 1.807) is 24.3 Å². The van der Waals surface area contributed by atoms with Crippen molar-refractivity contribution in [3.8, 4) is 0 Å². The fourth-order valence-electron chi connectivity index (χ4n) is 2.56. The van der Waals surface area contributed by atoms with Gasteiger partial charge in [-0.05, 0) is 28.0 Å². The van der Waals surface area contributed by atoms with Crippen molar-refractivity contribution in [2.24, 2.45) is 0 Å². The van der Waals surface area contributed by atoms with Gasteiger partial charge in [0.1, 0.15) is 0 Å². The molecule has 0 atom stereocenters. The Balaban J connectivity index is 1.92. The predicted molar refractivity (Wildman–Crippen MR) is 91.7 cm³/mol. The van der Waals surface area contributed by atoms with Crippen LogP contribution in [0.5, 0.6) is 0 Å². The Hall–Kier alpha value is -1.84. The Labute approximate surface area is 135 Å². The summed E-state index contributed by atoms with van der Waals surface area (Å²) >= 11 is 6.06. The van der Waals surface area contributed by atoms with Gasteiger partial charge in [0, 0.05) is 5.02 Å². The van der Waals surface area contributed by atoms with E-state index in [-0.39, 0.29) is 11.5 Å². The maximum Gasteiger partial charge on any atom is 0.158 e. The van der Waals surface area contributed by atoms with Crippen molar-refractivity contribution in [1.82, 2.24) is 0 Å². The van der Waals surface area contributed by atoms with Gasteiger partial charge in [-0.2, -0.15) is 0 Å². The molecule has 0 spiro atoms. The maximum atomic E-state index is 12.5. The minimum atomic E-state index is -3.29. The Morgan fingerprint density at radius 2 is 1.32 bits per heavy atom. The molecule has 0 aromatic heterocycles. The van der Waals surface area contributed by atoms with Crippen molar-refractivity contribution >= 4 is 32.2 Å². The number of fused-ring (bicyclic) bond motifs is 1. The van der Waals surface area contributed by atoms with E-state index in [9.17, 15) is 8.42 Å². The van der Waals surface area contributed by atoms with E-state index >= 15 is 0 Å². The van der Waals surface area contributed by atoms with E-state index in [0.717, 1.165) is 16.3 Å². The van der Waals surface area contributed by atoms with Crippen LogP contribution in [0.4, 0.5) is 0 Å². The standard InChI is InChI=1S/C18H15ClO2S/c19-18-11-4-2-7-16(18)13-22(20,21)12-15-9-5-8-14-6-1-3-10-17(14)15/h1-11H,12-13H2. The molecule has 0 unspecified atom stereocenters. The molecule has 3 aromatic carbocycles. The number of benzene rings is 3. The van der Waals surface area contributed by atoms with Crippen LogP contribution >= 0.6 is 11.6 Å². The van der Waals surface area contributed by atoms with Crippen LogP contribution in [0.2, 0.25) is 5.02 Å². The summed E-state index contributed by atoms with van der Waals surface area (Å²) in [6.07, 6.45) is 0. The van der Waals surface area contributed by atoms with Crippen molar-refractivity contribution in [2.45, 2.75) is 11.5 Å². The third-order valence-corrected chi connectivity index (χ3v) is 5.46. The average Bonchev–Trinajstić information content (AvgIpc) is 2.49. The number of hydrogen-bond acceptors (Lipinski definition) is 2. The SMILES string of the molecule is O=S(=O)(Cc1ccccc1Cl)Cc1cccc2ccccc12. The number of sulfone groups is 1. The van der Waals surface area contributed by atoms with Gasteiger partial charge < -0.3 is 0 Å². The van der Waals surface area contributed by atoms with Crippen LogP contribution in [0.3, 0.4) is 0 Å². The molecule has 0 heterocycles. The van der Waals surface area contributed by atoms with E-state index in [0.29, 0.717) is 10.6 Å². The van der Waals surface area contributed by atoms with Crippen molar-refractivity contribution in [1.29, 1.82) is 0 Å². The normalized spacial score (nSPS) is 11.7. The molecule has 0 radical (unpaired) electrons. The minimum Gasteiger partial charge on any atom is -0.228 e. The number of halogens is 1. The molecule has 0 N–H and O–H groups in total. The lowest BCUT2D eigenvalue weighted by Crippen LogP contribution is -2.08. The summed E-state index contributed by atoms with van der Waals surface area (Å²) in [6.45, 7) is 0. The van der Waals surface area contributed by atoms with Crippen LogP contribution in [-0.4, -0.2) is 8.42 Å². The largest absolute Gasteiger partial charge is 0.228 e. The van der Waals surface area contributed by atoms with Gasteiger partial charge in [0.05, 0.1) is 11.5 Å². The summed E-state index contributed by atoms with van der Waals surface area (Å²) in [4.78, 5) is 0. The molecule has 112 valence electrons. The zero-order valence-corrected chi connectivity index (χ0v) is 13.4. The van der Waals surface area contributed by atoms with E-state index in [4.69, 9.17) is 11.6 Å². The number of hydrogen-bond donors (Lipinski definition) is 0. The highest BCUT2D eigenvalue weighted by atomic mass is 35.5. The van der Waals surface area contributed by atoms with E-state index in [1.807, 2.05) is 42.5 Å². The fraction of sp³-hybridized carbons (Fsp3) is 0.111. The smallest absolute Gasteiger partial charge is 0.158 e. The molecule has 3 aromatic rings. The monoisotopic (exact) mass is 330 g/mol. The summed E-state index contributed by atoms with van der Waals surface area (Å²) in [5.41, 5.74) is 1.47. The molecular weight excluding hydrogens is 316 g/mol. The highest BCUT2D eigenvalue weighted by Crippen LogP contribution is 2.23. The zero-order valence-electron chi connectivity index (χ0n) is 11.9. The second-order valence-electron chi connectivity index (χ2n) is 5.26. The Morgan fingerprint density at radius 3 is 2.14 bits per heavy atom.